The van der Waals surface area contributed by atoms with Crippen LogP contribution in [0.25, 0.3) is 5.57 Å². The fourth-order valence-electron chi connectivity index (χ4n) is 4.36. The molecule has 2 N–H and O–H groups in total. The molecular formula is C32H35N5O3S. The Bertz CT molecular complexity index is 1440. The fraction of sp³-hybridized carbons (Fsp3) is 0.219. The predicted molar refractivity (Wildman–Crippen MR) is 168 cm³/mol. The standard InChI is InChI=1S/C32H35N5O3S/c1-36(2)27-18-22(19-28(37(3)4)30(27)40-5)16-17-33-31(39)26-21-41-32(34-26)35-29(38)20-25(23-12-8-6-9-13-23)24-14-10-7-11-15-24/h6-15,18-21H,16-17H2,1-5H3,(H,33,39)(H,34,35,38). The van der Waals surface area contributed by atoms with E-state index in [0.29, 0.717) is 18.1 Å². The van der Waals surface area contributed by atoms with Crippen LogP contribution in [0.15, 0.2) is 84.3 Å². The van der Waals surface area contributed by atoms with Gasteiger partial charge in [-0.3, -0.25) is 14.9 Å². The Morgan fingerprint density at radius 1 is 0.902 bits per heavy atom. The summed E-state index contributed by atoms with van der Waals surface area (Å²) in [4.78, 5) is 34.1. The number of amides is 2. The maximum Gasteiger partial charge on any atom is 0.270 e. The van der Waals surface area contributed by atoms with E-state index in [1.807, 2.05) is 98.7 Å². The Labute approximate surface area is 245 Å². The summed E-state index contributed by atoms with van der Waals surface area (Å²) in [6.07, 6.45) is 2.20. The molecule has 0 saturated heterocycles. The summed E-state index contributed by atoms with van der Waals surface area (Å²) >= 11 is 1.21. The summed E-state index contributed by atoms with van der Waals surface area (Å²) in [7, 11) is 9.56. The molecule has 0 saturated carbocycles. The number of ether oxygens (including phenoxy) is 1. The molecule has 0 atom stereocenters. The van der Waals surface area contributed by atoms with Crippen molar-refractivity contribution in [2.75, 3.05) is 57.0 Å². The van der Waals surface area contributed by atoms with Crippen LogP contribution in [0, 0.1) is 0 Å². The molecule has 1 heterocycles. The van der Waals surface area contributed by atoms with Crippen LogP contribution >= 0.6 is 11.3 Å². The number of nitrogens with zero attached hydrogens (tertiary/aromatic N) is 3. The normalized spacial score (nSPS) is 10.5. The highest BCUT2D eigenvalue weighted by Gasteiger charge is 2.16. The molecule has 0 spiro atoms. The van der Waals surface area contributed by atoms with Gasteiger partial charge in [0.25, 0.3) is 11.8 Å². The molecule has 41 heavy (non-hydrogen) atoms. The number of benzene rings is 3. The largest absolute Gasteiger partial charge is 0.492 e. The van der Waals surface area contributed by atoms with E-state index in [2.05, 4.69) is 27.8 Å². The van der Waals surface area contributed by atoms with Gasteiger partial charge in [-0.15, -0.1) is 11.3 Å². The van der Waals surface area contributed by atoms with Crippen molar-refractivity contribution >= 4 is 45.2 Å². The molecule has 4 rings (SSSR count). The van der Waals surface area contributed by atoms with Crippen LogP contribution in [0.2, 0.25) is 0 Å². The average Bonchev–Trinajstić information content (AvgIpc) is 3.44. The molecule has 8 nitrogen and oxygen atoms in total. The van der Waals surface area contributed by atoms with E-state index in [4.69, 9.17) is 4.74 Å². The van der Waals surface area contributed by atoms with Crippen molar-refractivity contribution in [2.45, 2.75) is 6.42 Å². The average molecular weight is 570 g/mol. The van der Waals surface area contributed by atoms with Crippen LogP contribution in [0.3, 0.4) is 0 Å². The van der Waals surface area contributed by atoms with E-state index in [-0.39, 0.29) is 17.5 Å². The van der Waals surface area contributed by atoms with E-state index < -0.39 is 0 Å². The Balaban J connectivity index is 1.40. The van der Waals surface area contributed by atoms with Crippen molar-refractivity contribution in [1.82, 2.24) is 10.3 Å². The summed E-state index contributed by atoms with van der Waals surface area (Å²) in [5.41, 5.74) is 5.93. The maximum atomic E-state index is 12.9. The van der Waals surface area contributed by atoms with Gasteiger partial charge < -0.3 is 19.9 Å². The Kier molecular flexibility index (Phi) is 9.76. The molecule has 212 valence electrons. The van der Waals surface area contributed by atoms with E-state index in [1.54, 1.807) is 18.6 Å². The molecule has 0 aliphatic heterocycles. The number of hydrogen-bond donors (Lipinski definition) is 2. The summed E-state index contributed by atoms with van der Waals surface area (Å²) < 4.78 is 5.66. The topological polar surface area (TPSA) is 86.8 Å². The number of methoxy groups -OCH3 is 1. The van der Waals surface area contributed by atoms with Gasteiger partial charge in [0.2, 0.25) is 0 Å². The molecule has 3 aromatic carbocycles. The van der Waals surface area contributed by atoms with Crippen LogP contribution in [-0.2, 0) is 11.2 Å². The minimum Gasteiger partial charge on any atom is -0.492 e. The van der Waals surface area contributed by atoms with Crippen LogP contribution in [0.4, 0.5) is 16.5 Å². The number of carbonyl (C=O) groups excluding carboxylic acids is 2. The molecule has 4 aromatic rings. The third kappa shape index (κ3) is 7.52. The molecule has 1 aromatic heterocycles. The molecule has 0 radical (unpaired) electrons. The zero-order chi connectivity index (χ0) is 29.4. The van der Waals surface area contributed by atoms with Gasteiger partial charge in [-0.05, 0) is 40.8 Å². The molecular weight excluding hydrogens is 534 g/mol. The van der Waals surface area contributed by atoms with Gasteiger partial charge >= 0.3 is 0 Å². The monoisotopic (exact) mass is 569 g/mol. The predicted octanol–water partition coefficient (Wildman–Crippen LogP) is 5.33. The third-order valence-electron chi connectivity index (χ3n) is 6.39. The van der Waals surface area contributed by atoms with Gasteiger partial charge in [0.05, 0.1) is 18.5 Å². The minimum absolute atomic E-state index is 0.262. The van der Waals surface area contributed by atoms with Gasteiger partial charge in [0.1, 0.15) is 5.69 Å². The van der Waals surface area contributed by atoms with Crippen LogP contribution in [0.5, 0.6) is 5.75 Å². The lowest BCUT2D eigenvalue weighted by Crippen LogP contribution is -2.26. The molecule has 0 fully saturated rings. The molecule has 0 unspecified atom stereocenters. The Morgan fingerprint density at radius 2 is 1.46 bits per heavy atom. The van der Waals surface area contributed by atoms with Crippen molar-refractivity contribution < 1.29 is 14.3 Å². The zero-order valence-corrected chi connectivity index (χ0v) is 24.8. The number of carbonyl (C=O) groups is 2. The smallest absolute Gasteiger partial charge is 0.270 e. The lowest BCUT2D eigenvalue weighted by Gasteiger charge is -2.24. The van der Waals surface area contributed by atoms with E-state index in [0.717, 1.165) is 39.4 Å². The Morgan fingerprint density at radius 3 is 1.98 bits per heavy atom. The summed E-state index contributed by atoms with van der Waals surface area (Å²) in [5, 5.41) is 7.75. The second-order valence-corrected chi connectivity index (χ2v) is 10.6. The van der Waals surface area contributed by atoms with Crippen molar-refractivity contribution in [3.63, 3.8) is 0 Å². The molecule has 0 aliphatic rings. The minimum atomic E-state index is -0.318. The first-order valence-corrected chi connectivity index (χ1v) is 14.1. The first kappa shape index (κ1) is 29.4. The zero-order valence-electron chi connectivity index (χ0n) is 24.0. The second-order valence-electron chi connectivity index (χ2n) is 9.78. The number of rotatable bonds is 11. The van der Waals surface area contributed by atoms with Gasteiger partial charge in [-0.1, -0.05) is 60.7 Å². The highest BCUT2D eigenvalue weighted by molar-refractivity contribution is 7.14. The van der Waals surface area contributed by atoms with Crippen molar-refractivity contribution in [3.8, 4) is 5.75 Å². The molecule has 0 bridgehead atoms. The number of anilines is 3. The van der Waals surface area contributed by atoms with Gasteiger partial charge in [0, 0.05) is 46.2 Å². The first-order valence-electron chi connectivity index (χ1n) is 13.2. The van der Waals surface area contributed by atoms with E-state index in [9.17, 15) is 9.59 Å². The van der Waals surface area contributed by atoms with E-state index >= 15 is 0 Å². The quantitative estimate of drug-likeness (QED) is 0.238. The number of aromatic nitrogens is 1. The number of hydrogen-bond acceptors (Lipinski definition) is 7. The molecule has 2 amide bonds. The lowest BCUT2D eigenvalue weighted by atomic mass is 9.97. The van der Waals surface area contributed by atoms with Crippen LogP contribution < -0.4 is 25.2 Å². The lowest BCUT2D eigenvalue weighted by molar-refractivity contribution is -0.111. The van der Waals surface area contributed by atoms with E-state index in [1.165, 1.54) is 11.3 Å². The van der Waals surface area contributed by atoms with Crippen LogP contribution in [-0.4, -0.2) is 58.6 Å². The third-order valence-corrected chi connectivity index (χ3v) is 7.15. The van der Waals surface area contributed by atoms with Crippen molar-refractivity contribution in [2.24, 2.45) is 0 Å². The number of thiazole rings is 1. The fourth-order valence-corrected chi connectivity index (χ4v) is 5.05. The van der Waals surface area contributed by atoms with Gasteiger partial charge in [-0.2, -0.15) is 0 Å². The summed E-state index contributed by atoms with van der Waals surface area (Å²) in [6, 6.07) is 23.6. The highest BCUT2D eigenvalue weighted by atomic mass is 32.1. The maximum absolute atomic E-state index is 12.9. The SMILES string of the molecule is COc1c(N(C)C)cc(CCNC(=O)c2csc(NC(=O)C=C(c3ccccc3)c3ccccc3)n2)cc1N(C)C. The number of nitrogens with one attached hydrogen (secondary N) is 2. The van der Waals surface area contributed by atoms with Crippen molar-refractivity contribution in [1.29, 1.82) is 0 Å². The first-order chi connectivity index (χ1) is 19.8. The van der Waals surface area contributed by atoms with Gasteiger partial charge in [-0.25, -0.2) is 4.98 Å². The summed E-state index contributed by atoms with van der Waals surface area (Å²) in [6.45, 7) is 0.435. The van der Waals surface area contributed by atoms with Crippen molar-refractivity contribution in [3.05, 3.63) is 107 Å². The van der Waals surface area contributed by atoms with Gasteiger partial charge in [0.15, 0.2) is 10.9 Å². The summed E-state index contributed by atoms with van der Waals surface area (Å²) in [5.74, 6) is 0.196. The molecule has 0 aliphatic carbocycles. The Hall–Kier alpha value is -4.63. The molecule has 9 heteroatoms. The van der Waals surface area contributed by atoms with Crippen LogP contribution in [0.1, 0.15) is 27.2 Å². The highest BCUT2D eigenvalue weighted by Crippen LogP contribution is 2.38. The second kappa shape index (κ2) is 13.6.